The summed E-state index contributed by atoms with van der Waals surface area (Å²) >= 11 is 0. The van der Waals surface area contributed by atoms with E-state index >= 15 is 0 Å². The Hall–Kier alpha value is -1.98. The molecule has 1 aliphatic rings. The van der Waals surface area contributed by atoms with Crippen LogP contribution in [0.1, 0.15) is 25.8 Å². The molecular weight excluding hydrogens is 278 g/mol. The second-order valence-corrected chi connectivity index (χ2v) is 5.68. The number of carbonyl (C=O) groups excluding carboxylic acids is 2. The summed E-state index contributed by atoms with van der Waals surface area (Å²) in [4.78, 5) is 25.2. The summed E-state index contributed by atoms with van der Waals surface area (Å²) < 4.78 is 26.8. The molecule has 1 N–H and O–H groups in total. The highest BCUT2D eigenvalue weighted by Gasteiger charge is 2.33. The van der Waals surface area contributed by atoms with Crippen LogP contribution in [-0.2, 0) is 16.1 Å². The molecule has 1 aromatic carbocycles. The Morgan fingerprint density at radius 2 is 2.05 bits per heavy atom. The van der Waals surface area contributed by atoms with Crippen molar-refractivity contribution in [3.8, 4) is 0 Å². The van der Waals surface area contributed by atoms with E-state index in [4.69, 9.17) is 0 Å². The van der Waals surface area contributed by atoms with Crippen molar-refractivity contribution in [3.63, 3.8) is 0 Å². The largest absolute Gasteiger partial charge is 0.343 e. The van der Waals surface area contributed by atoms with Crippen LogP contribution in [0, 0.1) is 17.6 Å². The Labute approximate surface area is 122 Å². The van der Waals surface area contributed by atoms with E-state index in [2.05, 4.69) is 5.32 Å². The lowest BCUT2D eigenvalue weighted by Crippen LogP contribution is -2.57. The third-order valence-corrected chi connectivity index (χ3v) is 3.36. The van der Waals surface area contributed by atoms with Gasteiger partial charge in [0, 0.05) is 12.1 Å². The lowest BCUT2D eigenvalue weighted by atomic mass is 10.0. The normalized spacial score (nSPS) is 19.1. The SMILES string of the molecule is CC(C)CC1NC(=O)CN(Cc2cc(F)ccc2F)C1=O. The number of piperazine rings is 1. The first-order chi connectivity index (χ1) is 9.86. The maximum atomic E-state index is 13.7. The number of nitrogens with one attached hydrogen (secondary N) is 1. The number of amides is 2. The highest BCUT2D eigenvalue weighted by Crippen LogP contribution is 2.17. The molecule has 1 aromatic rings. The predicted molar refractivity (Wildman–Crippen MR) is 73.2 cm³/mol. The molecule has 2 rings (SSSR count). The zero-order chi connectivity index (χ0) is 15.6. The molecule has 1 heterocycles. The van der Waals surface area contributed by atoms with Gasteiger partial charge in [-0.25, -0.2) is 8.78 Å². The van der Waals surface area contributed by atoms with Gasteiger partial charge in [0.25, 0.3) is 0 Å². The number of halogens is 2. The maximum absolute atomic E-state index is 13.7. The molecule has 4 nitrogen and oxygen atoms in total. The molecule has 6 heteroatoms. The van der Waals surface area contributed by atoms with E-state index in [1.165, 1.54) is 4.90 Å². The van der Waals surface area contributed by atoms with E-state index < -0.39 is 17.7 Å². The minimum absolute atomic E-state index is 0.0707. The van der Waals surface area contributed by atoms with Crippen LogP contribution in [0.3, 0.4) is 0 Å². The van der Waals surface area contributed by atoms with Gasteiger partial charge in [0.1, 0.15) is 17.7 Å². The monoisotopic (exact) mass is 296 g/mol. The van der Waals surface area contributed by atoms with Gasteiger partial charge in [0.2, 0.25) is 11.8 Å². The lowest BCUT2D eigenvalue weighted by molar-refractivity contribution is -0.145. The highest BCUT2D eigenvalue weighted by molar-refractivity contribution is 5.94. The van der Waals surface area contributed by atoms with Gasteiger partial charge in [0.05, 0.1) is 6.54 Å². The van der Waals surface area contributed by atoms with Crippen molar-refractivity contribution in [2.24, 2.45) is 5.92 Å². The third-order valence-electron chi connectivity index (χ3n) is 3.36. The summed E-state index contributed by atoms with van der Waals surface area (Å²) in [7, 11) is 0. The number of hydrogen-bond donors (Lipinski definition) is 1. The summed E-state index contributed by atoms with van der Waals surface area (Å²) in [6, 6.07) is 2.49. The van der Waals surface area contributed by atoms with Gasteiger partial charge in [-0.05, 0) is 30.5 Å². The van der Waals surface area contributed by atoms with E-state index in [1.54, 1.807) is 0 Å². The molecule has 0 spiro atoms. The summed E-state index contributed by atoms with van der Waals surface area (Å²) in [5, 5.41) is 2.64. The van der Waals surface area contributed by atoms with E-state index in [0.29, 0.717) is 6.42 Å². The van der Waals surface area contributed by atoms with Gasteiger partial charge in [-0.2, -0.15) is 0 Å². The van der Waals surface area contributed by atoms with Gasteiger partial charge in [-0.1, -0.05) is 13.8 Å². The number of benzene rings is 1. The van der Waals surface area contributed by atoms with Crippen molar-refractivity contribution in [3.05, 3.63) is 35.4 Å². The zero-order valence-electron chi connectivity index (χ0n) is 12.0. The highest BCUT2D eigenvalue weighted by atomic mass is 19.1. The summed E-state index contributed by atoms with van der Waals surface area (Å²) in [6.07, 6.45) is 0.521. The first-order valence-electron chi connectivity index (χ1n) is 6.89. The Bertz CT molecular complexity index is 561. The van der Waals surface area contributed by atoms with E-state index in [9.17, 15) is 18.4 Å². The number of rotatable bonds is 4. The van der Waals surface area contributed by atoms with E-state index in [1.807, 2.05) is 13.8 Å². The first-order valence-corrected chi connectivity index (χ1v) is 6.89. The predicted octanol–water partition coefficient (Wildman–Crippen LogP) is 1.84. The van der Waals surface area contributed by atoms with Crippen LogP contribution in [0.5, 0.6) is 0 Å². The summed E-state index contributed by atoms with van der Waals surface area (Å²) in [5.41, 5.74) is 0.0707. The average molecular weight is 296 g/mol. The number of nitrogens with zero attached hydrogens (tertiary/aromatic N) is 1. The second kappa shape index (κ2) is 6.20. The molecule has 0 aliphatic carbocycles. The van der Waals surface area contributed by atoms with Crippen molar-refractivity contribution in [2.45, 2.75) is 32.9 Å². The van der Waals surface area contributed by atoms with Crippen molar-refractivity contribution < 1.29 is 18.4 Å². The molecule has 0 radical (unpaired) electrons. The zero-order valence-corrected chi connectivity index (χ0v) is 12.0. The van der Waals surface area contributed by atoms with Gasteiger partial charge in [-0.15, -0.1) is 0 Å². The average Bonchev–Trinajstić information content (AvgIpc) is 2.38. The van der Waals surface area contributed by atoms with Crippen LogP contribution < -0.4 is 5.32 Å². The van der Waals surface area contributed by atoms with Crippen LogP contribution in [0.2, 0.25) is 0 Å². The third kappa shape index (κ3) is 3.77. The Morgan fingerprint density at radius 1 is 1.33 bits per heavy atom. The molecule has 0 saturated carbocycles. The molecule has 21 heavy (non-hydrogen) atoms. The first kappa shape index (κ1) is 15.4. The molecule has 114 valence electrons. The van der Waals surface area contributed by atoms with Gasteiger partial charge in [0.15, 0.2) is 0 Å². The van der Waals surface area contributed by atoms with Crippen LogP contribution in [0.15, 0.2) is 18.2 Å². The van der Waals surface area contributed by atoms with Crippen LogP contribution in [0.25, 0.3) is 0 Å². The topological polar surface area (TPSA) is 49.4 Å². The van der Waals surface area contributed by atoms with Crippen molar-refractivity contribution in [1.82, 2.24) is 10.2 Å². The Morgan fingerprint density at radius 3 is 2.71 bits per heavy atom. The molecule has 1 unspecified atom stereocenters. The molecule has 1 saturated heterocycles. The van der Waals surface area contributed by atoms with Gasteiger partial charge >= 0.3 is 0 Å². The fourth-order valence-corrected chi connectivity index (χ4v) is 2.41. The Kier molecular flexibility index (Phi) is 4.55. The number of carbonyl (C=O) groups is 2. The quantitative estimate of drug-likeness (QED) is 0.921. The molecule has 1 fully saturated rings. The van der Waals surface area contributed by atoms with Crippen molar-refractivity contribution in [1.29, 1.82) is 0 Å². The van der Waals surface area contributed by atoms with Crippen molar-refractivity contribution in [2.75, 3.05) is 6.54 Å². The molecule has 0 aromatic heterocycles. The Balaban J connectivity index is 2.16. The fraction of sp³-hybridized carbons (Fsp3) is 0.467. The maximum Gasteiger partial charge on any atom is 0.245 e. The summed E-state index contributed by atoms with van der Waals surface area (Å²) in [6.45, 7) is 3.66. The smallest absolute Gasteiger partial charge is 0.245 e. The molecule has 1 atom stereocenters. The number of hydrogen-bond acceptors (Lipinski definition) is 2. The van der Waals surface area contributed by atoms with Crippen LogP contribution in [-0.4, -0.2) is 29.3 Å². The molecule has 0 bridgehead atoms. The van der Waals surface area contributed by atoms with Gasteiger partial charge < -0.3 is 10.2 Å². The molecule has 1 aliphatic heterocycles. The van der Waals surface area contributed by atoms with Crippen LogP contribution >= 0.6 is 0 Å². The van der Waals surface area contributed by atoms with E-state index in [0.717, 1.165) is 18.2 Å². The van der Waals surface area contributed by atoms with E-state index in [-0.39, 0.29) is 36.4 Å². The minimum atomic E-state index is -0.595. The van der Waals surface area contributed by atoms with Crippen LogP contribution in [0.4, 0.5) is 8.78 Å². The fourth-order valence-electron chi connectivity index (χ4n) is 2.41. The molecule has 2 amide bonds. The standard InChI is InChI=1S/C15H18F2N2O2/c1-9(2)5-13-15(21)19(8-14(20)18-13)7-10-6-11(16)3-4-12(10)17/h3-4,6,9,13H,5,7-8H2,1-2H3,(H,18,20). The summed E-state index contributed by atoms with van der Waals surface area (Å²) in [5.74, 6) is -1.45. The minimum Gasteiger partial charge on any atom is -0.343 e. The van der Waals surface area contributed by atoms with Gasteiger partial charge in [-0.3, -0.25) is 9.59 Å². The molecular formula is C15H18F2N2O2. The second-order valence-electron chi connectivity index (χ2n) is 5.68. The van der Waals surface area contributed by atoms with Crippen molar-refractivity contribution >= 4 is 11.8 Å². The lowest BCUT2D eigenvalue weighted by Gasteiger charge is -2.33.